The summed E-state index contributed by atoms with van der Waals surface area (Å²) in [4.78, 5) is 12.3. The Hall–Kier alpha value is -1.51. The van der Waals surface area contributed by atoms with Gasteiger partial charge in [-0.1, -0.05) is 33.8 Å². The number of benzene rings is 1. The number of rotatable bonds is 4. The third-order valence-electron chi connectivity index (χ3n) is 3.86. The Balaban J connectivity index is 1.97. The second kappa shape index (κ2) is 6.50. The number of fused-ring (bicyclic) bond motifs is 1. The first-order valence-electron chi connectivity index (χ1n) is 8.01. The van der Waals surface area contributed by atoms with Gasteiger partial charge in [-0.15, -0.1) is 0 Å². The number of nitrogens with one attached hydrogen (secondary N) is 2. The molecule has 0 spiro atoms. The van der Waals surface area contributed by atoms with Gasteiger partial charge < -0.3 is 10.6 Å². The van der Waals surface area contributed by atoms with Gasteiger partial charge in [0.15, 0.2) is 0 Å². The van der Waals surface area contributed by atoms with Crippen LogP contribution < -0.4 is 10.6 Å². The van der Waals surface area contributed by atoms with E-state index >= 15 is 0 Å². The molecule has 0 bridgehead atoms. The second-order valence-corrected chi connectivity index (χ2v) is 7.48. The average molecular weight is 288 g/mol. The zero-order valence-electron chi connectivity index (χ0n) is 13.8. The van der Waals surface area contributed by atoms with Crippen molar-refractivity contribution in [2.45, 2.75) is 53.4 Å². The molecule has 1 atom stereocenters. The van der Waals surface area contributed by atoms with Gasteiger partial charge in [-0.05, 0) is 48.3 Å². The summed E-state index contributed by atoms with van der Waals surface area (Å²) in [6.07, 6.45) is 3.82. The minimum atomic E-state index is 0.130. The summed E-state index contributed by atoms with van der Waals surface area (Å²) in [6, 6.07) is 6.11. The maximum absolute atomic E-state index is 12.3. The second-order valence-electron chi connectivity index (χ2n) is 7.48. The third-order valence-corrected chi connectivity index (χ3v) is 3.86. The first-order valence-corrected chi connectivity index (χ1v) is 8.01. The van der Waals surface area contributed by atoms with Gasteiger partial charge in [0.05, 0.1) is 0 Å². The van der Waals surface area contributed by atoms with Crippen molar-refractivity contribution in [2.24, 2.45) is 11.3 Å². The smallest absolute Gasteiger partial charge is 0.224 e. The summed E-state index contributed by atoms with van der Waals surface area (Å²) >= 11 is 0. The summed E-state index contributed by atoms with van der Waals surface area (Å²) < 4.78 is 0. The Bertz CT molecular complexity index is 502. The lowest BCUT2D eigenvalue weighted by atomic mass is 9.84. The van der Waals surface area contributed by atoms with Crippen molar-refractivity contribution in [1.82, 2.24) is 0 Å². The normalized spacial score (nSPS) is 15.8. The topological polar surface area (TPSA) is 41.1 Å². The highest BCUT2D eigenvalue weighted by molar-refractivity contribution is 5.92. The highest BCUT2D eigenvalue weighted by Gasteiger charge is 2.19. The highest BCUT2D eigenvalue weighted by atomic mass is 16.1. The molecule has 1 aliphatic heterocycles. The van der Waals surface area contributed by atoms with E-state index in [2.05, 4.69) is 44.4 Å². The maximum atomic E-state index is 12.3. The van der Waals surface area contributed by atoms with Crippen LogP contribution in [-0.2, 0) is 11.2 Å². The lowest BCUT2D eigenvalue weighted by molar-refractivity contribution is -0.117. The van der Waals surface area contributed by atoms with E-state index in [1.165, 1.54) is 11.3 Å². The van der Waals surface area contributed by atoms with E-state index in [4.69, 9.17) is 0 Å². The van der Waals surface area contributed by atoms with Crippen LogP contribution >= 0.6 is 0 Å². The molecule has 2 N–H and O–H groups in total. The van der Waals surface area contributed by atoms with Crippen molar-refractivity contribution in [2.75, 3.05) is 17.2 Å². The number of hydrogen-bond donors (Lipinski definition) is 2. The molecule has 1 unspecified atom stereocenters. The predicted octanol–water partition coefficient (Wildman–Crippen LogP) is 4.45. The van der Waals surface area contributed by atoms with Crippen LogP contribution in [0, 0.1) is 11.3 Å². The fourth-order valence-corrected chi connectivity index (χ4v) is 3.26. The van der Waals surface area contributed by atoms with Gasteiger partial charge in [-0.2, -0.15) is 0 Å². The molecule has 116 valence electrons. The number of hydrogen-bond acceptors (Lipinski definition) is 2. The lowest BCUT2D eigenvalue weighted by Crippen LogP contribution is -2.20. The molecule has 0 saturated heterocycles. The maximum Gasteiger partial charge on any atom is 0.224 e. The minimum absolute atomic E-state index is 0.130. The molecule has 0 aliphatic carbocycles. The van der Waals surface area contributed by atoms with E-state index in [-0.39, 0.29) is 11.3 Å². The number of amides is 1. The van der Waals surface area contributed by atoms with Crippen LogP contribution in [-0.4, -0.2) is 12.5 Å². The van der Waals surface area contributed by atoms with Gasteiger partial charge in [0.1, 0.15) is 0 Å². The standard InChI is InChI=1S/C18H28N2O/c1-13(12-18(2,3)4)11-17(21)20-16-9-5-8-15-14(16)7-6-10-19-15/h5,8-9,13,19H,6-7,10-12H2,1-4H3,(H,20,21). The van der Waals surface area contributed by atoms with Crippen molar-refractivity contribution in [1.29, 1.82) is 0 Å². The molecule has 0 aromatic heterocycles. The van der Waals surface area contributed by atoms with Gasteiger partial charge in [-0.25, -0.2) is 0 Å². The number of carbonyl (C=O) groups excluding carboxylic acids is 1. The minimum Gasteiger partial charge on any atom is -0.385 e. The summed E-state index contributed by atoms with van der Waals surface area (Å²) in [5, 5.41) is 6.50. The van der Waals surface area contributed by atoms with Crippen LogP contribution in [0.1, 0.15) is 52.5 Å². The quantitative estimate of drug-likeness (QED) is 0.859. The Morgan fingerprint density at radius 1 is 1.38 bits per heavy atom. The SMILES string of the molecule is CC(CC(=O)Nc1cccc2c1CCCN2)CC(C)(C)C. The molecule has 2 rings (SSSR count). The number of carbonyl (C=O) groups is 1. The Labute approximate surface area is 128 Å². The van der Waals surface area contributed by atoms with Gasteiger partial charge in [0.25, 0.3) is 0 Å². The third kappa shape index (κ3) is 4.76. The zero-order valence-corrected chi connectivity index (χ0v) is 13.8. The summed E-state index contributed by atoms with van der Waals surface area (Å²) in [5.41, 5.74) is 3.67. The van der Waals surface area contributed by atoms with Crippen molar-refractivity contribution in [3.8, 4) is 0 Å². The van der Waals surface area contributed by atoms with Crippen LogP contribution in [0.4, 0.5) is 11.4 Å². The van der Waals surface area contributed by atoms with Gasteiger partial charge >= 0.3 is 0 Å². The molecule has 1 aromatic rings. The fourth-order valence-electron chi connectivity index (χ4n) is 3.26. The van der Waals surface area contributed by atoms with E-state index in [0.29, 0.717) is 12.3 Å². The van der Waals surface area contributed by atoms with Crippen molar-refractivity contribution in [3.63, 3.8) is 0 Å². The zero-order chi connectivity index (χ0) is 15.5. The summed E-state index contributed by atoms with van der Waals surface area (Å²) in [6.45, 7) is 9.85. The van der Waals surface area contributed by atoms with Crippen molar-refractivity contribution >= 4 is 17.3 Å². The molecular formula is C18H28N2O. The van der Waals surface area contributed by atoms with Crippen LogP contribution in [0.2, 0.25) is 0 Å². The molecular weight excluding hydrogens is 260 g/mol. The Kier molecular flexibility index (Phi) is 4.92. The molecule has 0 radical (unpaired) electrons. The lowest BCUT2D eigenvalue weighted by Gasteiger charge is -2.24. The van der Waals surface area contributed by atoms with Crippen LogP contribution in [0.25, 0.3) is 0 Å². The van der Waals surface area contributed by atoms with Gasteiger partial charge in [0.2, 0.25) is 5.91 Å². The molecule has 21 heavy (non-hydrogen) atoms. The van der Waals surface area contributed by atoms with Crippen molar-refractivity contribution < 1.29 is 4.79 Å². The monoisotopic (exact) mass is 288 g/mol. The molecule has 1 aromatic carbocycles. The number of anilines is 2. The van der Waals surface area contributed by atoms with Crippen LogP contribution in [0.15, 0.2) is 18.2 Å². The molecule has 1 aliphatic rings. The largest absolute Gasteiger partial charge is 0.385 e. The fraction of sp³-hybridized carbons (Fsp3) is 0.611. The predicted molar refractivity (Wildman–Crippen MR) is 89.7 cm³/mol. The Morgan fingerprint density at radius 3 is 2.86 bits per heavy atom. The van der Waals surface area contributed by atoms with E-state index < -0.39 is 0 Å². The summed E-state index contributed by atoms with van der Waals surface area (Å²) in [5.74, 6) is 0.536. The molecule has 3 nitrogen and oxygen atoms in total. The first kappa shape index (κ1) is 15.9. The van der Waals surface area contributed by atoms with E-state index in [1.807, 2.05) is 12.1 Å². The van der Waals surface area contributed by atoms with Crippen molar-refractivity contribution in [3.05, 3.63) is 23.8 Å². The van der Waals surface area contributed by atoms with Crippen LogP contribution in [0.5, 0.6) is 0 Å². The van der Waals surface area contributed by atoms with Crippen LogP contribution in [0.3, 0.4) is 0 Å². The van der Waals surface area contributed by atoms with E-state index in [1.54, 1.807) is 0 Å². The first-order chi connectivity index (χ1) is 9.85. The van der Waals surface area contributed by atoms with E-state index in [9.17, 15) is 4.79 Å². The average Bonchev–Trinajstić information content (AvgIpc) is 2.36. The molecule has 0 fully saturated rings. The Morgan fingerprint density at radius 2 is 2.14 bits per heavy atom. The molecule has 0 saturated carbocycles. The van der Waals surface area contributed by atoms with E-state index in [0.717, 1.165) is 31.5 Å². The molecule has 3 heteroatoms. The van der Waals surface area contributed by atoms with Gasteiger partial charge in [0, 0.05) is 24.3 Å². The molecule has 1 heterocycles. The highest BCUT2D eigenvalue weighted by Crippen LogP contribution is 2.30. The van der Waals surface area contributed by atoms with Gasteiger partial charge in [-0.3, -0.25) is 4.79 Å². The summed E-state index contributed by atoms with van der Waals surface area (Å²) in [7, 11) is 0. The molecule has 1 amide bonds.